The van der Waals surface area contributed by atoms with Crippen molar-refractivity contribution < 1.29 is 14.3 Å². The predicted molar refractivity (Wildman–Crippen MR) is 103 cm³/mol. The molecule has 2 atom stereocenters. The molecule has 0 bridgehead atoms. The molecule has 4 heteroatoms. The third-order valence-corrected chi connectivity index (χ3v) is 4.92. The number of hydrogen-bond donors (Lipinski definition) is 1. The minimum Gasteiger partial charge on any atom is -0.487 e. The van der Waals surface area contributed by atoms with Gasteiger partial charge in [-0.25, -0.2) is 0 Å². The molecule has 1 aliphatic rings. The van der Waals surface area contributed by atoms with Crippen molar-refractivity contribution >= 4 is 5.91 Å². The highest BCUT2D eigenvalue weighted by Gasteiger charge is 2.35. The Kier molecular flexibility index (Phi) is 4.94. The minimum atomic E-state index is -0.575. The number of rotatable bonds is 4. The van der Waals surface area contributed by atoms with E-state index in [0.29, 0.717) is 6.42 Å². The van der Waals surface area contributed by atoms with Crippen LogP contribution in [0.2, 0.25) is 0 Å². The van der Waals surface area contributed by atoms with Gasteiger partial charge in [0, 0.05) is 12.0 Å². The van der Waals surface area contributed by atoms with E-state index in [-0.39, 0.29) is 17.6 Å². The molecule has 2 aromatic rings. The zero-order chi connectivity index (χ0) is 18.9. The number of carbonyl (C=O) groups is 1. The summed E-state index contributed by atoms with van der Waals surface area (Å²) < 4.78 is 12.0. The lowest BCUT2D eigenvalue weighted by Gasteiger charge is -2.38. The molecular weight excluding hydrogens is 326 g/mol. The molecule has 1 aliphatic heterocycles. The van der Waals surface area contributed by atoms with Crippen LogP contribution in [0.5, 0.6) is 11.5 Å². The van der Waals surface area contributed by atoms with Crippen LogP contribution >= 0.6 is 0 Å². The Morgan fingerprint density at radius 2 is 1.92 bits per heavy atom. The quantitative estimate of drug-likeness (QED) is 0.881. The average Bonchev–Trinajstić information content (AvgIpc) is 2.58. The molecule has 0 radical (unpaired) electrons. The largest absolute Gasteiger partial charge is 0.487 e. The van der Waals surface area contributed by atoms with E-state index in [4.69, 9.17) is 9.47 Å². The van der Waals surface area contributed by atoms with Gasteiger partial charge < -0.3 is 14.8 Å². The van der Waals surface area contributed by atoms with Crippen LogP contribution in [0.3, 0.4) is 0 Å². The van der Waals surface area contributed by atoms with Crippen molar-refractivity contribution in [2.24, 2.45) is 0 Å². The number of ether oxygens (including phenoxy) is 2. The van der Waals surface area contributed by atoms with Gasteiger partial charge in [-0.2, -0.15) is 0 Å². The van der Waals surface area contributed by atoms with E-state index in [1.807, 2.05) is 70.2 Å². The van der Waals surface area contributed by atoms with Crippen LogP contribution in [0.15, 0.2) is 42.5 Å². The van der Waals surface area contributed by atoms with Crippen molar-refractivity contribution in [1.29, 1.82) is 0 Å². The van der Waals surface area contributed by atoms with Crippen molar-refractivity contribution in [2.75, 3.05) is 0 Å². The Balaban J connectivity index is 1.74. The minimum absolute atomic E-state index is 0.0906. The number of carbonyl (C=O) groups excluding carboxylic acids is 1. The Labute approximate surface area is 155 Å². The molecule has 1 heterocycles. The number of fused-ring (bicyclic) bond motifs is 1. The maximum Gasteiger partial charge on any atom is 0.261 e. The highest BCUT2D eigenvalue weighted by atomic mass is 16.5. The highest BCUT2D eigenvalue weighted by Crippen LogP contribution is 2.39. The molecule has 0 unspecified atom stereocenters. The average molecular weight is 353 g/mol. The van der Waals surface area contributed by atoms with E-state index < -0.39 is 6.10 Å². The lowest BCUT2D eigenvalue weighted by molar-refractivity contribution is -0.128. The Hall–Kier alpha value is -2.49. The van der Waals surface area contributed by atoms with Gasteiger partial charge in [0.25, 0.3) is 5.91 Å². The lowest BCUT2D eigenvalue weighted by atomic mass is 9.89. The maximum absolute atomic E-state index is 12.8. The SMILES string of the molecule is Cc1cccc(O[C@H](C)C(=O)N[C@@H]2CC(C)(C)Oc3ccccc32)c1C. The Bertz CT molecular complexity index is 813. The molecule has 0 saturated carbocycles. The smallest absolute Gasteiger partial charge is 0.261 e. The Morgan fingerprint density at radius 3 is 2.69 bits per heavy atom. The second kappa shape index (κ2) is 7.02. The van der Waals surface area contributed by atoms with Gasteiger partial charge in [0.1, 0.15) is 17.1 Å². The van der Waals surface area contributed by atoms with Crippen LogP contribution < -0.4 is 14.8 Å². The first-order chi connectivity index (χ1) is 12.3. The van der Waals surface area contributed by atoms with Gasteiger partial charge in [-0.3, -0.25) is 4.79 Å². The predicted octanol–water partition coefficient (Wildman–Crippen LogP) is 4.49. The van der Waals surface area contributed by atoms with Crippen LogP contribution in [0.4, 0.5) is 0 Å². The van der Waals surface area contributed by atoms with Gasteiger partial charge in [0.2, 0.25) is 0 Å². The van der Waals surface area contributed by atoms with E-state index in [1.54, 1.807) is 6.92 Å². The maximum atomic E-state index is 12.8. The third kappa shape index (κ3) is 3.85. The molecule has 26 heavy (non-hydrogen) atoms. The van der Waals surface area contributed by atoms with Gasteiger partial charge in [0.15, 0.2) is 6.10 Å². The molecular formula is C22H27NO3. The summed E-state index contributed by atoms with van der Waals surface area (Å²) in [5.41, 5.74) is 2.89. The number of nitrogens with one attached hydrogen (secondary N) is 1. The zero-order valence-corrected chi connectivity index (χ0v) is 16.1. The summed E-state index contributed by atoms with van der Waals surface area (Å²) in [6, 6.07) is 13.7. The fourth-order valence-corrected chi connectivity index (χ4v) is 3.32. The first-order valence-electron chi connectivity index (χ1n) is 9.08. The monoisotopic (exact) mass is 353 g/mol. The molecule has 0 aromatic heterocycles. The van der Waals surface area contributed by atoms with Crippen molar-refractivity contribution in [1.82, 2.24) is 5.32 Å². The molecule has 138 valence electrons. The fourth-order valence-electron chi connectivity index (χ4n) is 3.32. The van der Waals surface area contributed by atoms with E-state index in [9.17, 15) is 4.79 Å². The molecule has 0 aliphatic carbocycles. The second-order valence-corrected chi connectivity index (χ2v) is 7.62. The number of amides is 1. The fraction of sp³-hybridized carbons (Fsp3) is 0.409. The van der Waals surface area contributed by atoms with Gasteiger partial charge in [-0.1, -0.05) is 30.3 Å². The molecule has 1 amide bonds. The van der Waals surface area contributed by atoms with Crippen LogP contribution in [-0.4, -0.2) is 17.6 Å². The van der Waals surface area contributed by atoms with Gasteiger partial charge >= 0.3 is 0 Å². The summed E-state index contributed by atoms with van der Waals surface area (Å²) >= 11 is 0. The summed E-state index contributed by atoms with van der Waals surface area (Å²) in [4.78, 5) is 12.8. The topological polar surface area (TPSA) is 47.6 Å². The molecule has 0 fully saturated rings. The molecule has 0 spiro atoms. The van der Waals surface area contributed by atoms with Crippen molar-refractivity contribution in [2.45, 2.75) is 58.8 Å². The van der Waals surface area contributed by atoms with E-state index >= 15 is 0 Å². The molecule has 0 saturated heterocycles. The van der Waals surface area contributed by atoms with Gasteiger partial charge in [-0.05, 0) is 57.9 Å². The summed E-state index contributed by atoms with van der Waals surface area (Å²) in [6.45, 7) is 9.91. The summed E-state index contributed by atoms with van der Waals surface area (Å²) in [7, 11) is 0. The number of benzene rings is 2. The van der Waals surface area contributed by atoms with E-state index in [1.165, 1.54) is 0 Å². The zero-order valence-electron chi connectivity index (χ0n) is 16.1. The summed E-state index contributed by atoms with van der Waals surface area (Å²) in [6.07, 6.45) is 0.139. The number of hydrogen-bond acceptors (Lipinski definition) is 3. The van der Waals surface area contributed by atoms with Gasteiger partial charge in [-0.15, -0.1) is 0 Å². The second-order valence-electron chi connectivity index (χ2n) is 7.62. The van der Waals surface area contributed by atoms with Gasteiger partial charge in [0.05, 0.1) is 6.04 Å². The van der Waals surface area contributed by atoms with Crippen LogP contribution in [0, 0.1) is 13.8 Å². The van der Waals surface area contributed by atoms with E-state index in [0.717, 1.165) is 28.2 Å². The molecule has 2 aromatic carbocycles. The molecule has 3 rings (SSSR count). The third-order valence-electron chi connectivity index (χ3n) is 4.92. The standard InChI is InChI=1S/C22H27NO3/c1-14-9-8-12-19(15(14)2)25-16(3)21(24)23-18-13-22(4,5)26-20-11-7-6-10-17(18)20/h6-12,16,18H,13H2,1-5H3,(H,23,24)/t16-,18-/m1/s1. The highest BCUT2D eigenvalue weighted by molar-refractivity contribution is 5.81. The van der Waals surface area contributed by atoms with Crippen LogP contribution in [-0.2, 0) is 4.79 Å². The molecule has 4 nitrogen and oxygen atoms in total. The lowest BCUT2D eigenvalue weighted by Crippen LogP contribution is -2.44. The summed E-state index contributed by atoms with van der Waals surface area (Å²) in [5.74, 6) is 1.46. The Morgan fingerprint density at radius 1 is 1.19 bits per heavy atom. The first-order valence-corrected chi connectivity index (χ1v) is 9.08. The normalized spacial score (nSPS) is 19.0. The van der Waals surface area contributed by atoms with Crippen molar-refractivity contribution in [3.8, 4) is 11.5 Å². The summed E-state index contributed by atoms with van der Waals surface area (Å²) in [5, 5.41) is 3.14. The van der Waals surface area contributed by atoms with Crippen molar-refractivity contribution in [3.63, 3.8) is 0 Å². The van der Waals surface area contributed by atoms with E-state index in [2.05, 4.69) is 5.32 Å². The van der Waals surface area contributed by atoms with Crippen LogP contribution in [0.1, 0.15) is 49.9 Å². The first kappa shape index (κ1) is 18.3. The molecule has 1 N–H and O–H groups in total. The number of aryl methyl sites for hydroxylation is 1. The van der Waals surface area contributed by atoms with Crippen molar-refractivity contribution in [3.05, 3.63) is 59.2 Å². The van der Waals surface area contributed by atoms with Crippen LogP contribution in [0.25, 0.3) is 0 Å². The number of para-hydroxylation sites is 1.